The van der Waals surface area contributed by atoms with Crippen LogP contribution < -0.4 is 0 Å². The van der Waals surface area contributed by atoms with Gasteiger partial charge >= 0.3 is 0 Å². The van der Waals surface area contributed by atoms with Crippen LogP contribution in [0.4, 0.5) is 0 Å². The average Bonchev–Trinajstić information content (AvgIpc) is 2.96. The van der Waals surface area contributed by atoms with Gasteiger partial charge in [0.25, 0.3) is 0 Å². The van der Waals surface area contributed by atoms with Crippen molar-refractivity contribution in [1.82, 2.24) is 9.97 Å². The quantitative estimate of drug-likeness (QED) is 0.611. The highest BCUT2D eigenvalue weighted by molar-refractivity contribution is 7.99. The maximum absolute atomic E-state index is 11.2. The molecule has 0 amide bonds. The highest BCUT2D eigenvalue weighted by Gasteiger charge is 2.32. The lowest BCUT2D eigenvalue weighted by Crippen LogP contribution is -2.32. The molecule has 0 saturated heterocycles. The Morgan fingerprint density at radius 2 is 2.13 bits per heavy atom. The number of thioether (sulfide) groups is 1. The average molecular weight is 396 g/mol. The number of H-pyrrole nitrogens is 1. The van der Waals surface area contributed by atoms with E-state index in [4.69, 9.17) is 23.2 Å². The van der Waals surface area contributed by atoms with Crippen LogP contribution in [0.25, 0.3) is 0 Å². The minimum atomic E-state index is -1.07. The second-order valence-electron chi connectivity index (χ2n) is 5.27. The molecule has 0 aliphatic rings. The van der Waals surface area contributed by atoms with Crippen molar-refractivity contribution in [3.8, 4) is 0 Å². The maximum atomic E-state index is 11.2. The number of unbranched alkanes of at least 4 members (excludes halogenated alkanes) is 1. The van der Waals surface area contributed by atoms with Gasteiger partial charge < -0.3 is 10.1 Å². The Bertz CT molecular complexity index is 595. The monoisotopic (exact) mass is 394 g/mol. The van der Waals surface area contributed by atoms with Crippen LogP contribution in [0.2, 0.25) is 10.0 Å². The van der Waals surface area contributed by atoms with Crippen molar-refractivity contribution in [3.63, 3.8) is 0 Å². The molecule has 0 bridgehead atoms. The Labute approximate surface area is 157 Å². The minimum absolute atomic E-state index is 0. The van der Waals surface area contributed by atoms with Crippen LogP contribution in [0.3, 0.4) is 0 Å². The van der Waals surface area contributed by atoms with Gasteiger partial charge in [-0.1, -0.05) is 42.6 Å². The van der Waals surface area contributed by atoms with Gasteiger partial charge in [-0.15, -0.1) is 12.4 Å². The third-order valence-corrected chi connectivity index (χ3v) is 5.24. The van der Waals surface area contributed by atoms with Gasteiger partial charge in [0, 0.05) is 40.2 Å². The van der Waals surface area contributed by atoms with Crippen molar-refractivity contribution in [2.75, 3.05) is 11.5 Å². The van der Waals surface area contributed by atoms with Crippen LogP contribution in [0.15, 0.2) is 30.6 Å². The molecule has 0 saturated carbocycles. The number of imidazole rings is 1. The molecule has 0 unspecified atom stereocenters. The third-order valence-electron chi connectivity index (χ3n) is 3.43. The Hall–Kier alpha value is -0.390. The number of nitrogens with zero attached hydrogens (tertiary/aromatic N) is 1. The van der Waals surface area contributed by atoms with Crippen LogP contribution in [0.5, 0.6) is 0 Å². The van der Waals surface area contributed by atoms with E-state index in [1.54, 1.807) is 42.4 Å². The molecule has 2 aromatic rings. The summed E-state index contributed by atoms with van der Waals surface area (Å²) in [6.07, 6.45) is 6.11. The highest BCUT2D eigenvalue weighted by Crippen LogP contribution is 2.35. The zero-order valence-electron chi connectivity index (χ0n) is 12.9. The number of aliphatic hydroxyl groups is 1. The summed E-state index contributed by atoms with van der Waals surface area (Å²) < 4.78 is 0. The smallest absolute Gasteiger partial charge is 0.109 e. The summed E-state index contributed by atoms with van der Waals surface area (Å²) in [7, 11) is 0. The van der Waals surface area contributed by atoms with Crippen molar-refractivity contribution in [1.29, 1.82) is 0 Å². The fraction of sp³-hybridized carbons (Fsp3) is 0.438. The normalized spacial score (nSPS) is 13.4. The van der Waals surface area contributed by atoms with Gasteiger partial charge in [-0.05, 0) is 24.3 Å². The topological polar surface area (TPSA) is 48.9 Å². The van der Waals surface area contributed by atoms with Crippen LogP contribution in [-0.4, -0.2) is 26.6 Å². The second kappa shape index (κ2) is 9.80. The minimum Gasteiger partial charge on any atom is -0.384 e. The lowest BCUT2D eigenvalue weighted by molar-refractivity contribution is 0.0611. The van der Waals surface area contributed by atoms with E-state index >= 15 is 0 Å². The molecular weight excluding hydrogens is 375 g/mol. The molecule has 1 atom stereocenters. The van der Waals surface area contributed by atoms with Gasteiger partial charge in [0.05, 0.1) is 0 Å². The van der Waals surface area contributed by atoms with Crippen molar-refractivity contribution < 1.29 is 5.11 Å². The van der Waals surface area contributed by atoms with Crippen LogP contribution >= 0.6 is 47.4 Å². The zero-order chi connectivity index (χ0) is 16.0. The van der Waals surface area contributed by atoms with Crippen molar-refractivity contribution in [2.24, 2.45) is 0 Å². The standard InChI is InChI=1S/C16H20Cl2N2OS.ClH/c1-2-3-8-22-11-16(21,10-15-19-6-7-20-15)13-5-4-12(17)9-14(13)18;/h4-7,9,21H,2-3,8,10-11H2,1H3,(H,19,20);1H/t16-;/m0./s1. The van der Waals surface area contributed by atoms with Crippen molar-refractivity contribution >= 4 is 47.4 Å². The van der Waals surface area contributed by atoms with E-state index in [-0.39, 0.29) is 12.4 Å². The predicted octanol–water partition coefficient (Wildman–Crippen LogP) is 5.10. The van der Waals surface area contributed by atoms with E-state index in [9.17, 15) is 5.11 Å². The van der Waals surface area contributed by atoms with E-state index in [1.807, 2.05) is 0 Å². The summed E-state index contributed by atoms with van der Waals surface area (Å²) >= 11 is 14.0. The highest BCUT2D eigenvalue weighted by atomic mass is 35.5. The molecule has 1 heterocycles. The molecule has 2 rings (SSSR count). The second-order valence-corrected chi connectivity index (χ2v) is 7.22. The van der Waals surface area contributed by atoms with Gasteiger partial charge in [0.1, 0.15) is 11.4 Å². The number of nitrogens with one attached hydrogen (secondary N) is 1. The number of aromatic nitrogens is 2. The lowest BCUT2D eigenvalue weighted by Gasteiger charge is -2.29. The predicted molar refractivity (Wildman–Crippen MR) is 102 cm³/mol. The summed E-state index contributed by atoms with van der Waals surface area (Å²) in [5.74, 6) is 2.32. The van der Waals surface area contributed by atoms with Gasteiger partial charge in [0.2, 0.25) is 0 Å². The molecule has 128 valence electrons. The Kier molecular flexibility index (Phi) is 8.80. The number of rotatable bonds is 8. The lowest BCUT2D eigenvalue weighted by atomic mass is 9.92. The van der Waals surface area contributed by atoms with Gasteiger partial charge in [-0.3, -0.25) is 0 Å². The molecular formula is C16H21Cl3N2OS. The summed E-state index contributed by atoms with van der Waals surface area (Å²) in [5, 5.41) is 12.3. The first kappa shape index (κ1) is 20.7. The van der Waals surface area contributed by atoms with Crippen molar-refractivity contribution in [2.45, 2.75) is 31.8 Å². The number of aromatic amines is 1. The Balaban J connectivity index is 0.00000264. The first-order chi connectivity index (χ1) is 10.5. The van der Waals surface area contributed by atoms with E-state index in [1.165, 1.54) is 0 Å². The summed E-state index contributed by atoms with van der Waals surface area (Å²) in [4.78, 5) is 7.27. The van der Waals surface area contributed by atoms with E-state index in [0.717, 1.165) is 24.4 Å². The number of benzene rings is 1. The Morgan fingerprint density at radius 1 is 1.35 bits per heavy atom. The molecule has 23 heavy (non-hydrogen) atoms. The fourth-order valence-corrected chi connectivity index (χ4v) is 4.07. The molecule has 2 N–H and O–H groups in total. The van der Waals surface area contributed by atoms with Gasteiger partial charge in [0.15, 0.2) is 0 Å². The molecule has 1 aromatic carbocycles. The molecule has 0 radical (unpaired) electrons. The molecule has 0 aliphatic carbocycles. The van der Waals surface area contributed by atoms with Gasteiger partial charge in [-0.2, -0.15) is 11.8 Å². The molecule has 0 aliphatic heterocycles. The summed E-state index contributed by atoms with van der Waals surface area (Å²) in [6, 6.07) is 5.23. The van der Waals surface area contributed by atoms with Crippen LogP contribution in [0.1, 0.15) is 31.2 Å². The van der Waals surface area contributed by atoms with E-state index in [2.05, 4.69) is 16.9 Å². The zero-order valence-corrected chi connectivity index (χ0v) is 16.0. The summed E-state index contributed by atoms with van der Waals surface area (Å²) in [5.41, 5.74) is -0.378. The molecule has 1 aromatic heterocycles. The summed E-state index contributed by atoms with van der Waals surface area (Å²) in [6.45, 7) is 2.16. The molecule has 3 nitrogen and oxygen atoms in total. The molecule has 7 heteroatoms. The number of hydrogen-bond acceptors (Lipinski definition) is 3. The van der Waals surface area contributed by atoms with E-state index < -0.39 is 5.60 Å². The van der Waals surface area contributed by atoms with Crippen LogP contribution in [0, 0.1) is 0 Å². The largest absolute Gasteiger partial charge is 0.384 e. The van der Waals surface area contributed by atoms with Gasteiger partial charge in [-0.25, -0.2) is 4.98 Å². The SMILES string of the molecule is CCCCSC[C@@](O)(Cc1ncc[nH]1)c1ccc(Cl)cc1Cl.Cl. The first-order valence-corrected chi connectivity index (χ1v) is 9.20. The van der Waals surface area contributed by atoms with Crippen molar-refractivity contribution in [3.05, 3.63) is 52.0 Å². The molecule has 0 fully saturated rings. The molecule has 0 spiro atoms. The Morgan fingerprint density at radius 3 is 2.74 bits per heavy atom. The number of hydrogen-bond donors (Lipinski definition) is 2. The fourth-order valence-electron chi connectivity index (χ4n) is 2.25. The van der Waals surface area contributed by atoms with Crippen LogP contribution in [-0.2, 0) is 12.0 Å². The third kappa shape index (κ3) is 5.87. The van der Waals surface area contributed by atoms with E-state index in [0.29, 0.717) is 27.8 Å². The number of halogens is 3. The first-order valence-electron chi connectivity index (χ1n) is 7.29. The maximum Gasteiger partial charge on any atom is 0.109 e.